The molecule has 5 heteroatoms. The van der Waals surface area contributed by atoms with Crippen LogP contribution in [0.25, 0.3) is 0 Å². The first-order chi connectivity index (χ1) is 8.46. The Hall–Kier alpha value is -2.04. The van der Waals surface area contributed by atoms with Crippen LogP contribution >= 0.6 is 0 Å². The van der Waals surface area contributed by atoms with Crippen molar-refractivity contribution in [2.45, 2.75) is 20.0 Å². The number of fused-ring (bicyclic) bond motifs is 1. The quantitative estimate of drug-likeness (QED) is 0.808. The van der Waals surface area contributed by atoms with Gasteiger partial charge in [-0.05, 0) is 26.0 Å². The molecule has 1 aromatic rings. The van der Waals surface area contributed by atoms with Gasteiger partial charge in [-0.15, -0.1) is 0 Å². The number of hydrogen-bond donors (Lipinski definition) is 1. The van der Waals surface area contributed by atoms with Crippen LogP contribution in [0.2, 0.25) is 0 Å². The molecular weight excluding hydrogens is 234 g/mol. The second-order valence-electron chi connectivity index (χ2n) is 4.70. The SMILES string of the molecule is COC(=O)C(C)(C)C1Oc2ccccc2NC1=O. The highest BCUT2D eigenvalue weighted by Crippen LogP contribution is 2.35. The number of para-hydroxylation sites is 2. The molecule has 0 fully saturated rings. The van der Waals surface area contributed by atoms with Crippen LogP contribution in [0.1, 0.15) is 13.8 Å². The van der Waals surface area contributed by atoms with Gasteiger partial charge in [0.05, 0.1) is 12.8 Å². The Kier molecular flexibility index (Phi) is 2.98. The van der Waals surface area contributed by atoms with Gasteiger partial charge in [-0.3, -0.25) is 9.59 Å². The van der Waals surface area contributed by atoms with Gasteiger partial charge in [0.1, 0.15) is 11.2 Å². The Morgan fingerprint density at radius 1 is 1.39 bits per heavy atom. The highest BCUT2D eigenvalue weighted by atomic mass is 16.5. The van der Waals surface area contributed by atoms with Gasteiger partial charge in [-0.1, -0.05) is 12.1 Å². The molecule has 18 heavy (non-hydrogen) atoms. The first-order valence-corrected chi connectivity index (χ1v) is 5.62. The summed E-state index contributed by atoms with van der Waals surface area (Å²) >= 11 is 0. The Bertz CT molecular complexity index is 496. The van der Waals surface area contributed by atoms with Gasteiger partial charge < -0.3 is 14.8 Å². The molecule has 0 aromatic heterocycles. The zero-order valence-corrected chi connectivity index (χ0v) is 10.5. The predicted molar refractivity (Wildman–Crippen MR) is 65.3 cm³/mol. The van der Waals surface area contributed by atoms with Crippen LogP contribution in [0.4, 0.5) is 5.69 Å². The predicted octanol–water partition coefficient (Wildman–Crippen LogP) is 1.59. The summed E-state index contributed by atoms with van der Waals surface area (Å²) in [4.78, 5) is 23.7. The maximum Gasteiger partial charge on any atom is 0.315 e. The highest BCUT2D eigenvalue weighted by Gasteiger charge is 2.46. The van der Waals surface area contributed by atoms with Crippen molar-refractivity contribution in [3.05, 3.63) is 24.3 Å². The van der Waals surface area contributed by atoms with E-state index >= 15 is 0 Å². The first-order valence-electron chi connectivity index (χ1n) is 5.62. The lowest BCUT2D eigenvalue weighted by atomic mass is 9.85. The van der Waals surface area contributed by atoms with Gasteiger partial charge in [-0.25, -0.2) is 0 Å². The van der Waals surface area contributed by atoms with E-state index in [-0.39, 0.29) is 5.91 Å². The summed E-state index contributed by atoms with van der Waals surface area (Å²) in [6.07, 6.45) is -0.903. The van der Waals surface area contributed by atoms with Gasteiger partial charge in [-0.2, -0.15) is 0 Å². The van der Waals surface area contributed by atoms with Gasteiger partial charge >= 0.3 is 5.97 Å². The van der Waals surface area contributed by atoms with E-state index in [2.05, 4.69) is 5.32 Å². The van der Waals surface area contributed by atoms with E-state index in [9.17, 15) is 9.59 Å². The number of methoxy groups -OCH3 is 1. The standard InChI is InChI=1S/C13H15NO4/c1-13(2,12(16)17-3)10-11(15)14-8-6-4-5-7-9(8)18-10/h4-7,10H,1-3H3,(H,14,15). The van der Waals surface area contributed by atoms with Crippen LogP contribution in [0.3, 0.4) is 0 Å². The molecule has 2 rings (SSSR count). The number of hydrogen-bond acceptors (Lipinski definition) is 4. The summed E-state index contributed by atoms with van der Waals surface area (Å²) in [5, 5.41) is 2.72. The van der Waals surface area contributed by atoms with E-state index in [1.807, 2.05) is 0 Å². The van der Waals surface area contributed by atoms with Crippen molar-refractivity contribution < 1.29 is 19.1 Å². The lowest BCUT2D eigenvalue weighted by molar-refractivity contribution is -0.159. The number of rotatable bonds is 2. The van der Waals surface area contributed by atoms with Crippen molar-refractivity contribution >= 4 is 17.6 Å². The van der Waals surface area contributed by atoms with Crippen molar-refractivity contribution in [2.75, 3.05) is 12.4 Å². The summed E-state index contributed by atoms with van der Waals surface area (Å²) < 4.78 is 10.3. The van der Waals surface area contributed by atoms with Crippen molar-refractivity contribution in [1.29, 1.82) is 0 Å². The highest BCUT2D eigenvalue weighted by molar-refractivity contribution is 6.01. The van der Waals surface area contributed by atoms with E-state index in [1.165, 1.54) is 7.11 Å². The normalized spacial score (nSPS) is 18.4. The number of anilines is 1. The molecule has 1 aromatic carbocycles. The molecule has 1 atom stereocenters. The first kappa shape index (κ1) is 12.4. The molecule has 1 N–H and O–H groups in total. The monoisotopic (exact) mass is 249 g/mol. The maximum absolute atomic E-state index is 12.0. The molecule has 0 saturated carbocycles. The fourth-order valence-electron chi connectivity index (χ4n) is 1.90. The van der Waals surface area contributed by atoms with Crippen LogP contribution in [-0.4, -0.2) is 25.1 Å². The van der Waals surface area contributed by atoms with Gasteiger partial charge in [0.25, 0.3) is 5.91 Å². The smallest absolute Gasteiger partial charge is 0.315 e. The molecule has 1 aliphatic rings. The Morgan fingerprint density at radius 2 is 2.06 bits per heavy atom. The minimum atomic E-state index is -1.05. The van der Waals surface area contributed by atoms with Crippen LogP contribution in [-0.2, 0) is 14.3 Å². The molecule has 0 saturated heterocycles. The van der Waals surface area contributed by atoms with E-state index in [0.29, 0.717) is 11.4 Å². The van der Waals surface area contributed by atoms with E-state index < -0.39 is 17.5 Å². The summed E-state index contributed by atoms with van der Waals surface area (Å²) in [5.41, 5.74) is -0.439. The zero-order chi connectivity index (χ0) is 13.3. The summed E-state index contributed by atoms with van der Waals surface area (Å²) in [7, 11) is 1.29. The van der Waals surface area contributed by atoms with Crippen LogP contribution in [0, 0.1) is 5.41 Å². The van der Waals surface area contributed by atoms with Crippen LogP contribution in [0.15, 0.2) is 24.3 Å². The van der Waals surface area contributed by atoms with Crippen molar-refractivity contribution in [3.63, 3.8) is 0 Å². The molecule has 1 amide bonds. The second-order valence-corrected chi connectivity index (χ2v) is 4.70. The van der Waals surface area contributed by atoms with Gasteiger partial charge in [0.2, 0.25) is 0 Å². The lowest BCUT2D eigenvalue weighted by Gasteiger charge is -2.34. The molecule has 1 aliphatic heterocycles. The Balaban J connectivity index is 2.32. The molecule has 0 aliphatic carbocycles. The Morgan fingerprint density at radius 3 is 2.72 bits per heavy atom. The largest absolute Gasteiger partial charge is 0.477 e. The molecule has 5 nitrogen and oxygen atoms in total. The number of carbonyl (C=O) groups is 2. The molecular formula is C13H15NO4. The van der Waals surface area contributed by atoms with Crippen molar-refractivity contribution in [2.24, 2.45) is 5.41 Å². The third kappa shape index (κ3) is 1.92. The number of nitrogens with one attached hydrogen (secondary N) is 1. The summed E-state index contributed by atoms with van der Waals surface area (Å²) in [5.74, 6) is -0.273. The van der Waals surface area contributed by atoms with E-state index in [0.717, 1.165) is 0 Å². The number of carbonyl (C=O) groups excluding carboxylic acids is 2. The second kappa shape index (κ2) is 4.33. The topological polar surface area (TPSA) is 64.6 Å². The number of benzene rings is 1. The minimum absolute atomic E-state index is 0.343. The third-order valence-electron chi connectivity index (χ3n) is 2.99. The van der Waals surface area contributed by atoms with E-state index in [1.54, 1.807) is 38.1 Å². The van der Waals surface area contributed by atoms with Gasteiger partial charge in [0, 0.05) is 0 Å². The van der Waals surface area contributed by atoms with E-state index in [4.69, 9.17) is 9.47 Å². The minimum Gasteiger partial charge on any atom is -0.477 e. The zero-order valence-electron chi connectivity index (χ0n) is 10.5. The fraction of sp³-hybridized carbons (Fsp3) is 0.385. The van der Waals surface area contributed by atoms with Crippen molar-refractivity contribution in [1.82, 2.24) is 0 Å². The number of amides is 1. The fourth-order valence-corrected chi connectivity index (χ4v) is 1.90. The Labute approximate surface area is 105 Å². The molecule has 0 bridgehead atoms. The third-order valence-corrected chi connectivity index (χ3v) is 2.99. The summed E-state index contributed by atoms with van der Waals surface area (Å²) in [6.45, 7) is 3.24. The molecule has 0 spiro atoms. The average molecular weight is 249 g/mol. The van der Waals surface area contributed by atoms with Crippen LogP contribution in [0.5, 0.6) is 5.75 Å². The number of ether oxygens (including phenoxy) is 2. The number of esters is 1. The van der Waals surface area contributed by atoms with Gasteiger partial charge in [0.15, 0.2) is 6.10 Å². The lowest BCUT2D eigenvalue weighted by Crippen LogP contribution is -2.51. The molecule has 1 heterocycles. The molecule has 0 radical (unpaired) electrons. The maximum atomic E-state index is 12.0. The molecule has 96 valence electrons. The molecule has 1 unspecified atom stereocenters. The van der Waals surface area contributed by atoms with Crippen molar-refractivity contribution in [3.8, 4) is 5.75 Å². The summed E-state index contributed by atoms with van der Waals surface area (Å²) in [6, 6.07) is 7.09. The van der Waals surface area contributed by atoms with Crippen LogP contribution < -0.4 is 10.1 Å². The average Bonchev–Trinajstić information content (AvgIpc) is 2.36.